The average molecular weight is 1070 g/mol. The van der Waals surface area contributed by atoms with Gasteiger partial charge in [-0.25, -0.2) is 30.2 Å². The molecule has 16 nitrogen and oxygen atoms in total. The van der Waals surface area contributed by atoms with Gasteiger partial charge < -0.3 is 9.97 Å². The molecule has 4 saturated heterocycles. The third-order valence-corrected chi connectivity index (χ3v) is 14.2. The van der Waals surface area contributed by atoms with Crippen molar-refractivity contribution in [2.45, 2.75) is 25.7 Å². The summed E-state index contributed by atoms with van der Waals surface area (Å²) in [5.74, 6) is -0.842. The Hall–Kier alpha value is -8.28. The molecule has 8 bridgehead atoms. The van der Waals surface area contributed by atoms with Crippen LogP contribution in [0.15, 0.2) is 121 Å². The Labute approximate surface area is 452 Å². The molecule has 6 aliphatic heterocycles. The summed E-state index contributed by atoms with van der Waals surface area (Å²) in [7, 11) is 0. The fourth-order valence-electron chi connectivity index (χ4n) is 10.4. The van der Waals surface area contributed by atoms with E-state index < -0.39 is 0 Å². The van der Waals surface area contributed by atoms with Gasteiger partial charge in [0.15, 0.2) is 0 Å². The van der Waals surface area contributed by atoms with E-state index in [4.69, 9.17) is 39.3 Å². The summed E-state index contributed by atoms with van der Waals surface area (Å²) in [5.41, 5.74) is 12.9. The monoisotopic (exact) mass is 1070 g/mol. The molecule has 0 aliphatic carbocycles. The maximum atomic E-state index is 13.5. The number of hydrogen-bond donors (Lipinski definition) is 0. The van der Waals surface area contributed by atoms with E-state index in [0.29, 0.717) is 120 Å². The molecule has 387 valence electrons. The minimum atomic E-state index is -0.211. The molecule has 7 aromatic rings. The third-order valence-electron chi connectivity index (χ3n) is 14.2. The summed E-state index contributed by atoms with van der Waals surface area (Å²) in [5, 5.41) is 5.62. The van der Waals surface area contributed by atoms with E-state index in [-0.39, 0.29) is 40.7 Å². The summed E-state index contributed by atoms with van der Waals surface area (Å²) >= 11 is 0. The number of amides is 4. The number of carbonyl (C=O) groups excluding carboxylic acids is 4. The Morgan fingerprint density at radius 1 is 0.338 bits per heavy atom. The molecule has 13 rings (SSSR count). The molecule has 3 aromatic heterocycles. The molecular weight excluding hydrogens is 1020 g/mol. The Kier molecular flexibility index (Phi) is 13.5. The van der Waals surface area contributed by atoms with Crippen LogP contribution in [0.25, 0.3) is 90.9 Å². The van der Waals surface area contributed by atoms with Gasteiger partial charge in [0.2, 0.25) is 0 Å². The van der Waals surface area contributed by atoms with Crippen LogP contribution in [0.4, 0.5) is 0 Å². The van der Waals surface area contributed by atoms with Crippen LogP contribution in [0, 0.1) is 0 Å². The van der Waals surface area contributed by atoms with Crippen LogP contribution in [-0.4, -0.2) is 106 Å². The molecule has 6 aliphatic rings. The Morgan fingerprint density at radius 2 is 0.558 bits per heavy atom. The Morgan fingerprint density at radius 3 is 0.753 bits per heavy atom. The molecule has 1 radical (unpaired) electrons. The maximum Gasteiger partial charge on any atom is 2.00 e. The van der Waals surface area contributed by atoms with Crippen molar-refractivity contribution in [3.05, 3.63) is 166 Å². The van der Waals surface area contributed by atoms with Crippen molar-refractivity contribution < 1.29 is 55.6 Å². The predicted molar refractivity (Wildman–Crippen MR) is 285 cm³/mol. The molecule has 77 heavy (non-hydrogen) atoms. The summed E-state index contributed by atoms with van der Waals surface area (Å²) in [6.07, 6.45) is 10.9. The van der Waals surface area contributed by atoms with Crippen LogP contribution >= 0.6 is 0 Å². The van der Waals surface area contributed by atoms with Crippen molar-refractivity contribution in [1.29, 1.82) is 0 Å². The Bertz CT molecular complexity index is 3220. The first kappa shape index (κ1) is 49.6. The van der Waals surface area contributed by atoms with Crippen molar-refractivity contribution in [1.82, 2.24) is 40.2 Å². The second-order valence-corrected chi connectivity index (χ2v) is 19.0. The number of nitrogens with zero attached hydrogens (tertiary/aromatic N) is 8. The van der Waals surface area contributed by atoms with E-state index in [1.54, 1.807) is 48.5 Å². The second kappa shape index (κ2) is 21.0. The minimum absolute atomic E-state index is 0. The van der Waals surface area contributed by atoms with Gasteiger partial charge >= 0.3 is 17.1 Å². The van der Waals surface area contributed by atoms with Crippen LogP contribution in [0.2, 0.25) is 0 Å². The van der Waals surface area contributed by atoms with E-state index in [1.165, 1.54) is 20.3 Å². The summed E-state index contributed by atoms with van der Waals surface area (Å²) < 4.78 is 0. The van der Waals surface area contributed by atoms with Crippen molar-refractivity contribution in [3.63, 3.8) is 0 Å². The summed E-state index contributed by atoms with van der Waals surface area (Å²) in [4.78, 5) is 97.8. The third kappa shape index (κ3) is 9.47. The number of carbonyl (C=O) groups is 4. The molecular formula is C60H48CuN8O8. The van der Waals surface area contributed by atoms with Crippen molar-refractivity contribution >= 4 is 70.0 Å². The predicted octanol–water partition coefficient (Wildman–Crippen LogP) is 9.69. The second-order valence-electron chi connectivity index (χ2n) is 19.0. The first-order valence-electron chi connectivity index (χ1n) is 25.6. The molecule has 0 atom stereocenters. The normalized spacial score (nSPS) is 15.9. The van der Waals surface area contributed by atoms with Gasteiger partial charge in [0.25, 0.3) is 23.6 Å². The molecule has 4 amide bonds. The van der Waals surface area contributed by atoms with Crippen molar-refractivity contribution in [2.75, 3.05) is 52.6 Å². The van der Waals surface area contributed by atoms with E-state index in [0.717, 1.165) is 70.2 Å². The van der Waals surface area contributed by atoms with Crippen LogP contribution in [-0.2, 0) is 36.4 Å². The van der Waals surface area contributed by atoms with Gasteiger partial charge in [0, 0.05) is 22.3 Å². The van der Waals surface area contributed by atoms with Gasteiger partial charge in [0.1, 0.15) is 0 Å². The number of aromatic nitrogens is 4. The van der Waals surface area contributed by atoms with Crippen molar-refractivity contribution in [2.24, 2.45) is 0 Å². The number of fused-ring (bicyclic) bond motifs is 8. The molecule has 0 N–H and O–H groups in total. The quantitative estimate of drug-likeness (QED) is 0.132. The maximum absolute atomic E-state index is 13.5. The van der Waals surface area contributed by atoms with Gasteiger partial charge in [0.05, 0.1) is 75.4 Å². The molecule has 0 saturated carbocycles. The van der Waals surface area contributed by atoms with Crippen LogP contribution in [0.5, 0.6) is 0 Å². The van der Waals surface area contributed by atoms with Gasteiger partial charge in [-0.2, -0.15) is 0 Å². The SMILES string of the molecule is O=C(c1ccc(-c2c3nc(c(-c4ccc(C(=O)N5CCCO5)cc4)c4ccc([n-]4)c(-c4ccc(C(=O)N5CCCO5)cc4)c4nc(c(-c5ccc(C(=O)N6CCCO6)cc5)c5ccc2[n-]5)C=C4)C=C3)cc1)N1CCCO1.[Cu+2]. The van der Waals surface area contributed by atoms with Gasteiger partial charge in [-0.3, -0.25) is 38.5 Å². The first-order valence-corrected chi connectivity index (χ1v) is 25.6. The van der Waals surface area contributed by atoms with Crippen LogP contribution < -0.4 is 9.97 Å². The summed E-state index contributed by atoms with van der Waals surface area (Å²) in [6.45, 7) is 4.09. The van der Waals surface area contributed by atoms with E-state index in [2.05, 4.69) is 0 Å². The van der Waals surface area contributed by atoms with E-state index >= 15 is 0 Å². The number of hydroxylamine groups is 8. The van der Waals surface area contributed by atoms with E-state index in [1.807, 2.05) is 97.1 Å². The molecule has 0 spiro atoms. The molecule has 17 heteroatoms. The minimum Gasteiger partial charge on any atom is -0.657 e. The Balaban J connectivity index is 0.00000596. The zero-order valence-electron chi connectivity index (χ0n) is 41.5. The standard InChI is InChI=1S/C60H49N8O8.Cu/c69-57(65-29-1-33-73-65)41-13-5-37(6-14-41)53-45-21-23-47(61-45)54(38-7-15-42(16-8-38)58(70)66-30-2-34-74-66)49-25-27-51(63-49)56(40-11-19-44(20-12-40)60(72)68-32-4-36-76-68)52-28-26-50(64-52)55(48-24-22-46(53)62-48)39-9-17-43(18-10-39)59(71)67-31-3-35-75-67;/h5-28H,1-4,29-36H2,(H-,61,62,63,64,69,70,71,72);/q-1;+2/p-1. The zero-order chi connectivity index (χ0) is 51.3. The van der Waals surface area contributed by atoms with Crippen LogP contribution in [0.1, 0.15) is 89.9 Å². The molecule has 9 heterocycles. The first-order chi connectivity index (χ1) is 37.3. The average Bonchev–Trinajstić information content (AvgIpc) is 4.38. The molecule has 4 aromatic carbocycles. The molecule has 0 unspecified atom stereocenters. The largest absolute Gasteiger partial charge is 2.00 e. The summed E-state index contributed by atoms with van der Waals surface area (Å²) in [6, 6.07) is 37.5. The number of hydrogen-bond acceptors (Lipinski definition) is 10. The number of benzene rings is 4. The molecule has 4 fully saturated rings. The topological polar surface area (TPSA) is 172 Å². The van der Waals surface area contributed by atoms with Gasteiger partial charge in [-0.05, 0) is 143 Å². The van der Waals surface area contributed by atoms with E-state index in [9.17, 15) is 19.2 Å². The van der Waals surface area contributed by atoms with Crippen molar-refractivity contribution in [3.8, 4) is 44.5 Å². The van der Waals surface area contributed by atoms with Gasteiger partial charge in [-0.1, -0.05) is 72.8 Å². The fraction of sp³-hybridized carbons (Fsp3) is 0.200. The zero-order valence-corrected chi connectivity index (χ0v) is 42.4. The smallest absolute Gasteiger partial charge is 0.657 e. The van der Waals surface area contributed by atoms with Gasteiger partial charge in [-0.15, -0.1) is 22.1 Å². The van der Waals surface area contributed by atoms with Crippen LogP contribution in [0.3, 0.4) is 0 Å². The fourth-order valence-corrected chi connectivity index (χ4v) is 10.4. The number of rotatable bonds is 8.